The fraction of sp³-hybridized carbons (Fsp3) is 0.250. The van der Waals surface area contributed by atoms with Gasteiger partial charge in [0.15, 0.2) is 0 Å². The Hall–Kier alpha value is -1.64. The van der Waals surface area contributed by atoms with Gasteiger partial charge in [-0.25, -0.2) is 4.79 Å². The number of thiophene rings is 1. The van der Waals surface area contributed by atoms with Gasteiger partial charge in [-0.05, 0) is 31.0 Å². The van der Waals surface area contributed by atoms with Gasteiger partial charge in [-0.3, -0.25) is 0 Å². The van der Waals surface area contributed by atoms with Gasteiger partial charge in [0.1, 0.15) is 10.9 Å². The average molecular weight is 364 g/mol. The Bertz CT molecular complexity index is 698. The molecule has 0 spiro atoms. The highest BCUT2D eigenvalue weighted by atomic mass is 79.9. The summed E-state index contributed by atoms with van der Waals surface area (Å²) >= 11 is 4.74. The van der Waals surface area contributed by atoms with Crippen molar-refractivity contribution in [2.24, 2.45) is 0 Å². The zero-order valence-corrected chi connectivity index (χ0v) is 14.2. The Kier molecular flexibility index (Phi) is 5.16. The molecule has 0 aliphatic heterocycles. The minimum atomic E-state index is -0.364. The number of carbonyl (C=O) groups excluding carboxylic acids is 1. The van der Waals surface area contributed by atoms with Crippen molar-refractivity contribution in [2.75, 3.05) is 6.61 Å². The van der Waals surface area contributed by atoms with Crippen LogP contribution in [-0.2, 0) is 11.2 Å². The van der Waals surface area contributed by atoms with E-state index in [0.717, 1.165) is 21.3 Å². The predicted molar refractivity (Wildman–Crippen MR) is 87.5 cm³/mol. The fourth-order valence-electron chi connectivity index (χ4n) is 2.08. The summed E-state index contributed by atoms with van der Waals surface area (Å²) in [5, 5.41) is 9.47. The summed E-state index contributed by atoms with van der Waals surface area (Å²) in [5.74, 6) is -0.364. The Balaban J connectivity index is 2.66. The molecule has 0 saturated carbocycles. The van der Waals surface area contributed by atoms with Crippen LogP contribution in [0.4, 0.5) is 0 Å². The second-order valence-corrected chi connectivity index (χ2v) is 6.32. The molecule has 5 heteroatoms. The van der Waals surface area contributed by atoms with E-state index in [9.17, 15) is 10.1 Å². The second kappa shape index (κ2) is 6.88. The van der Waals surface area contributed by atoms with Crippen LogP contribution in [0.3, 0.4) is 0 Å². The zero-order valence-electron chi connectivity index (χ0n) is 11.8. The number of ether oxygens (including phenoxy) is 1. The molecule has 0 saturated heterocycles. The smallest absolute Gasteiger partial charge is 0.348 e. The highest BCUT2D eigenvalue weighted by molar-refractivity contribution is 9.10. The quantitative estimate of drug-likeness (QED) is 0.733. The molecule has 1 aromatic heterocycles. The molecule has 0 radical (unpaired) electrons. The molecule has 21 heavy (non-hydrogen) atoms. The van der Waals surface area contributed by atoms with Crippen molar-refractivity contribution in [3.63, 3.8) is 0 Å². The lowest BCUT2D eigenvalue weighted by atomic mass is 10.0. The van der Waals surface area contributed by atoms with Crippen molar-refractivity contribution < 1.29 is 9.53 Å². The lowest BCUT2D eigenvalue weighted by molar-refractivity contribution is 0.0533. The van der Waals surface area contributed by atoms with Crippen LogP contribution in [0.25, 0.3) is 11.1 Å². The number of hydrogen-bond donors (Lipinski definition) is 0. The predicted octanol–water partition coefficient (Wildman–Crippen LogP) is 4.79. The number of rotatable bonds is 4. The number of nitriles is 1. The third-order valence-corrected chi connectivity index (χ3v) is 4.85. The standard InChI is InChI=1S/C16H14BrNO2S/c1-3-13-12(9-18)14(10-5-7-11(17)8-6-10)15(21-13)16(19)20-4-2/h5-8H,3-4H2,1-2H3. The highest BCUT2D eigenvalue weighted by Crippen LogP contribution is 2.37. The average Bonchev–Trinajstić information content (AvgIpc) is 2.87. The minimum Gasteiger partial charge on any atom is -0.462 e. The Morgan fingerprint density at radius 2 is 2.00 bits per heavy atom. The topological polar surface area (TPSA) is 50.1 Å². The summed E-state index contributed by atoms with van der Waals surface area (Å²) in [4.78, 5) is 13.6. The molecule has 0 N–H and O–H groups in total. The molecule has 0 atom stereocenters. The van der Waals surface area contributed by atoms with Crippen LogP contribution in [-0.4, -0.2) is 12.6 Å². The van der Waals surface area contributed by atoms with E-state index in [1.807, 2.05) is 31.2 Å². The van der Waals surface area contributed by atoms with Gasteiger partial charge < -0.3 is 4.74 Å². The molecule has 0 aliphatic rings. The van der Waals surface area contributed by atoms with Gasteiger partial charge in [0.2, 0.25) is 0 Å². The molecule has 0 aliphatic carbocycles. The third kappa shape index (κ3) is 3.17. The third-order valence-electron chi connectivity index (χ3n) is 3.01. The highest BCUT2D eigenvalue weighted by Gasteiger charge is 2.24. The van der Waals surface area contributed by atoms with Crippen molar-refractivity contribution in [1.29, 1.82) is 5.26 Å². The maximum atomic E-state index is 12.2. The molecular weight excluding hydrogens is 350 g/mol. The zero-order chi connectivity index (χ0) is 15.4. The van der Waals surface area contributed by atoms with E-state index < -0.39 is 0 Å². The van der Waals surface area contributed by atoms with Gasteiger partial charge in [0.25, 0.3) is 0 Å². The number of hydrogen-bond acceptors (Lipinski definition) is 4. The Morgan fingerprint density at radius 3 is 2.52 bits per heavy atom. The van der Waals surface area contributed by atoms with Crippen LogP contribution in [0, 0.1) is 11.3 Å². The normalized spacial score (nSPS) is 10.2. The van der Waals surface area contributed by atoms with Crippen LogP contribution >= 0.6 is 27.3 Å². The Labute approximate surface area is 136 Å². The number of aryl methyl sites for hydroxylation is 1. The van der Waals surface area contributed by atoms with E-state index >= 15 is 0 Å². The molecule has 1 aromatic carbocycles. The summed E-state index contributed by atoms with van der Waals surface area (Å²) in [7, 11) is 0. The fourth-order valence-corrected chi connectivity index (χ4v) is 3.45. The Morgan fingerprint density at radius 1 is 1.33 bits per heavy atom. The summed E-state index contributed by atoms with van der Waals surface area (Å²) in [6.45, 7) is 4.07. The van der Waals surface area contributed by atoms with Crippen LogP contribution in [0.1, 0.15) is 34.0 Å². The molecule has 0 unspecified atom stereocenters. The first-order valence-corrected chi connectivity index (χ1v) is 8.22. The largest absolute Gasteiger partial charge is 0.462 e. The molecular formula is C16H14BrNO2S. The van der Waals surface area contributed by atoms with Crippen molar-refractivity contribution in [2.45, 2.75) is 20.3 Å². The molecule has 2 rings (SSSR count). The van der Waals surface area contributed by atoms with Crippen LogP contribution in [0.5, 0.6) is 0 Å². The lowest BCUT2D eigenvalue weighted by Gasteiger charge is -2.05. The van der Waals surface area contributed by atoms with Crippen molar-refractivity contribution in [1.82, 2.24) is 0 Å². The van der Waals surface area contributed by atoms with E-state index in [0.29, 0.717) is 22.6 Å². The maximum absolute atomic E-state index is 12.2. The van der Waals surface area contributed by atoms with E-state index in [2.05, 4.69) is 22.0 Å². The van der Waals surface area contributed by atoms with Crippen molar-refractivity contribution in [3.8, 4) is 17.2 Å². The number of halogens is 1. The molecule has 0 fully saturated rings. The summed E-state index contributed by atoms with van der Waals surface area (Å²) < 4.78 is 6.08. The summed E-state index contributed by atoms with van der Waals surface area (Å²) in [5.41, 5.74) is 2.12. The van der Waals surface area contributed by atoms with E-state index in [4.69, 9.17) is 4.74 Å². The lowest BCUT2D eigenvalue weighted by Crippen LogP contribution is -2.04. The van der Waals surface area contributed by atoms with Gasteiger partial charge in [0, 0.05) is 14.9 Å². The number of carbonyl (C=O) groups is 1. The van der Waals surface area contributed by atoms with Gasteiger partial charge in [0.05, 0.1) is 12.2 Å². The first-order valence-electron chi connectivity index (χ1n) is 6.61. The van der Waals surface area contributed by atoms with Crippen molar-refractivity contribution in [3.05, 3.63) is 44.1 Å². The van der Waals surface area contributed by atoms with Crippen LogP contribution in [0.15, 0.2) is 28.7 Å². The second-order valence-electron chi connectivity index (χ2n) is 4.30. The summed E-state index contributed by atoms with van der Waals surface area (Å²) in [6.07, 6.45) is 0.719. The first-order chi connectivity index (χ1) is 10.1. The first kappa shape index (κ1) is 15.7. The van der Waals surface area contributed by atoms with E-state index in [1.54, 1.807) is 6.92 Å². The van der Waals surface area contributed by atoms with Crippen molar-refractivity contribution >= 4 is 33.2 Å². The maximum Gasteiger partial charge on any atom is 0.348 e. The van der Waals surface area contributed by atoms with Gasteiger partial charge in [-0.15, -0.1) is 11.3 Å². The van der Waals surface area contributed by atoms with E-state index in [1.165, 1.54) is 11.3 Å². The number of esters is 1. The van der Waals surface area contributed by atoms with Gasteiger partial charge in [-0.2, -0.15) is 5.26 Å². The SMILES string of the molecule is CCOC(=O)c1sc(CC)c(C#N)c1-c1ccc(Br)cc1. The number of nitrogens with zero attached hydrogens (tertiary/aromatic N) is 1. The molecule has 0 bridgehead atoms. The van der Waals surface area contributed by atoms with Gasteiger partial charge in [-0.1, -0.05) is 35.0 Å². The molecule has 108 valence electrons. The molecule has 1 heterocycles. The summed E-state index contributed by atoms with van der Waals surface area (Å²) in [6, 6.07) is 9.83. The minimum absolute atomic E-state index is 0.319. The van der Waals surface area contributed by atoms with Crippen LogP contribution < -0.4 is 0 Å². The van der Waals surface area contributed by atoms with E-state index in [-0.39, 0.29) is 5.97 Å². The number of benzene rings is 1. The van der Waals surface area contributed by atoms with Crippen LogP contribution in [0.2, 0.25) is 0 Å². The molecule has 0 amide bonds. The molecule has 2 aromatic rings. The monoisotopic (exact) mass is 363 g/mol. The van der Waals surface area contributed by atoms with Gasteiger partial charge >= 0.3 is 5.97 Å². The molecule has 3 nitrogen and oxygen atoms in total.